The Kier molecular flexibility index (Phi) is 8.07. The molecule has 0 spiro atoms. The van der Waals surface area contributed by atoms with Crippen LogP contribution < -0.4 is 10.6 Å². The van der Waals surface area contributed by atoms with E-state index < -0.39 is 11.9 Å². The first kappa shape index (κ1) is 26.6. The van der Waals surface area contributed by atoms with Gasteiger partial charge in [-0.3, -0.25) is 14.7 Å². The van der Waals surface area contributed by atoms with Gasteiger partial charge in [-0.15, -0.1) is 0 Å². The van der Waals surface area contributed by atoms with E-state index in [2.05, 4.69) is 47.4 Å². The minimum absolute atomic E-state index is 0.108. The van der Waals surface area contributed by atoms with Crippen LogP contribution in [0.3, 0.4) is 0 Å². The fraction of sp³-hybridized carbons (Fsp3) is 0.333. The van der Waals surface area contributed by atoms with Gasteiger partial charge < -0.3 is 30.4 Å². The van der Waals surface area contributed by atoms with Crippen molar-refractivity contribution in [3.8, 4) is 11.3 Å². The quantitative estimate of drug-likeness (QED) is 0.256. The molecule has 12 heteroatoms. The lowest BCUT2D eigenvalue weighted by Crippen LogP contribution is -2.54. The first-order valence-electron chi connectivity index (χ1n) is 12.6. The summed E-state index contributed by atoms with van der Waals surface area (Å²) in [4.78, 5) is 33.5. The number of para-hydroxylation sites is 1. The average molecular weight is 535 g/mol. The molecule has 3 aromatic heterocycles. The van der Waals surface area contributed by atoms with Gasteiger partial charge >= 0.3 is 0 Å². The lowest BCUT2D eigenvalue weighted by atomic mass is 10.1. The number of benzene rings is 1. The Labute approximate surface area is 225 Å². The second kappa shape index (κ2) is 11.8. The van der Waals surface area contributed by atoms with Crippen molar-refractivity contribution in [1.29, 1.82) is 0 Å². The summed E-state index contributed by atoms with van der Waals surface area (Å²) < 4.78 is 20.3. The number of nitrogens with one attached hydrogen (secondary N) is 3. The number of anilines is 3. The number of carbonyl (C=O) groups is 1. The fourth-order valence-corrected chi connectivity index (χ4v) is 4.65. The van der Waals surface area contributed by atoms with E-state index in [0.717, 1.165) is 32.4 Å². The summed E-state index contributed by atoms with van der Waals surface area (Å²) in [6.45, 7) is 3.44. The van der Waals surface area contributed by atoms with Gasteiger partial charge in [0.2, 0.25) is 11.9 Å². The number of likely N-dealkylation sites (N-methyl/N-ethyl adjacent to an activating group) is 1. The smallest absolute Gasteiger partial charge is 0.244 e. The summed E-state index contributed by atoms with van der Waals surface area (Å²) in [5, 5.41) is 15.9. The number of carbonyl (C=O) groups excluding carboxylic acids is 1. The number of fused-ring (bicyclic) bond motifs is 1. The molecule has 1 saturated heterocycles. The SMILES string of the molecule is COCC(C(=O)Nc1cccc2c(-c3nc(Nc4ccc(CO)nc4)ncc3F)c[nH]c12)N1CCN(C)CC1. The molecule has 1 amide bonds. The van der Waals surface area contributed by atoms with Crippen LogP contribution in [0.4, 0.5) is 21.7 Å². The van der Waals surface area contributed by atoms with Crippen molar-refractivity contribution < 1.29 is 19.0 Å². The fourth-order valence-electron chi connectivity index (χ4n) is 4.65. The number of aliphatic hydroxyl groups is 1. The first-order chi connectivity index (χ1) is 19.0. The molecule has 4 N–H and O–H groups in total. The van der Waals surface area contributed by atoms with E-state index in [9.17, 15) is 14.3 Å². The molecule has 4 heterocycles. The van der Waals surface area contributed by atoms with Crippen molar-refractivity contribution in [3.63, 3.8) is 0 Å². The maximum atomic E-state index is 14.9. The molecule has 1 aromatic carbocycles. The van der Waals surface area contributed by atoms with Crippen LogP contribution >= 0.6 is 0 Å². The Morgan fingerprint density at radius 2 is 2.00 bits per heavy atom. The Bertz CT molecular complexity index is 1440. The van der Waals surface area contributed by atoms with Crippen LogP contribution in [0.1, 0.15) is 5.69 Å². The van der Waals surface area contributed by atoms with Crippen LogP contribution in [0, 0.1) is 5.82 Å². The number of ether oxygens (including phenoxy) is 1. The van der Waals surface area contributed by atoms with Gasteiger partial charge in [0.05, 0.1) is 48.2 Å². The number of H-pyrrole nitrogens is 1. The number of piperazine rings is 1. The van der Waals surface area contributed by atoms with Gasteiger partial charge in [0.15, 0.2) is 5.82 Å². The lowest BCUT2D eigenvalue weighted by molar-refractivity contribution is -0.124. The van der Waals surface area contributed by atoms with Gasteiger partial charge in [-0.1, -0.05) is 12.1 Å². The number of hydrogen-bond acceptors (Lipinski definition) is 9. The third-order valence-corrected chi connectivity index (χ3v) is 6.82. The zero-order valence-corrected chi connectivity index (χ0v) is 21.8. The maximum Gasteiger partial charge on any atom is 0.244 e. The van der Waals surface area contributed by atoms with Gasteiger partial charge in [-0.25, -0.2) is 14.4 Å². The van der Waals surface area contributed by atoms with Crippen LogP contribution in [-0.4, -0.2) is 93.7 Å². The summed E-state index contributed by atoms with van der Waals surface area (Å²) >= 11 is 0. The predicted octanol–water partition coefficient (Wildman–Crippen LogP) is 2.60. The van der Waals surface area contributed by atoms with Gasteiger partial charge in [0.25, 0.3) is 0 Å². The normalized spacial score (nSPS) is 15.4. The molecule has 4 aromatic rings. The molecule has 39 heavy (non-hydrogen) atoms. The van der Waals surface area contributed by atoms with E-state index in [4.69, 9.17) is 4.74 Å². The first-order valence-corrected chi connectivity index (χ1v) is 12.6. The zero-order valence-electron chi connectivity index (χ0n) is 21.8. The zero-order chi connectivity index (χ0) is 27.4. The summed E-state index contributed by atoms with van der Waals surface area (Å²) in [6.07, 6.45) is 4.31. The van der Waals surface area contributed by atoms with Crippen molar-refractivity contribution in [2.45, 2.75) is 12.6 Å². The number of methoxy groups -OCH3 is 1. The standard InChI is InChI=1S/C27H31FN8O3/c1-35-8-10-36(11-9-35)23(16-39-2)26(38)33-22-5-3-4-19-20(13-30-25(19)22)24-21(28)14-31-27(34-24)32-17-6-7-18(15-37)29-12-17/h3-7,12-14,23,30,37H,8-11,15-16H2,1-2H3,(H,33,38)(H,31,32,34). The van der Waals surface area contributed by atoms with Gasteiger partial charge in [-0.05, 0) is 25.2 Å². The molecule has 1 aliphatic heterocycles. The van der Waals surface area contributed by atoms with Crippen LogP contribution in [-0.2, 0) is 16.1 Å². The number of nitrogens with zero attached hydrogens (tertiary/aromatic N) is 5. The van der Waals surface area contributed by atoms with Gasteiger partial charge in [0.1, 0.15) is 11.7 Å². The van der Waals surface area contributed by atoms with Crippen LogP contribution in [0.25, 0.3) is 22.2 Å². The number of aromatic amines is 1. The summed E-state index contributed by atoms with van der Waals surface area (Å²) in [5.41, 5.74) is 3.01. The van der Waals surface area contributed by atoms with Crippen molar-refractivity contribution in [2.24, 2.45) is 0 Å². The second-order valence-corrected chi connectivity index (χ2v) is 9.44. The third-order valence-electron chi connectivity index (χ3n) is 6.82. The van der Waals surface area contributed by atoms with E-state index in [1.54, 1.807) is 31.5 Å². The molecule has 0 saturated carbocycles. The molecule has 1 fully saturated rings. The molecule has 11 nitrogen and oxygen atoms in total. The Balaban J connectivity index is 1.39. The molecule has 1 atom stereocenters. The molecule has 5 rings (SSSR count). The summed E-state index contributed by atoms with van der Waals surface area (Å²) in [6, 6.07) is 8.43. The Hall–Kier alpha value is -3.97. The van der Waals surface area contributed by atoms with E-state index in [1.807, 2.05) is 12.1 Å². The molecule has 1 aliphatic rings. The predicted molar refractivity (Wildman–Crippen MR) is 146 cm³/mol. The number of rotatable bonds is 9. The van der Waals surface area contributed by atoms with Crippen LogP contribution in [0.5, 0.6) is 0 Å². The Morgan fingerprint density at radius 3 is 2.72 bits per heavy atom. The lowest BCUT2D eigenvalue weighted by Gasteiger charge is -2.36. The highest BCUT2D eigenvalue weighted by Gasteiger charge is 2.29. The van der Waals surface area contributed by atoms with Gasteiger partial charge in [-0.2, -0.15) is 0 Å². The highest BCUT2D eigenvalue weighted by Crippen LogP contribution is 2.33. The third kappa shape index (κ3) is 5.88. The number of aliphatic hydroxyl groups excluding tert-OH is 1. The van der Waals surface area contributed by atoms with E-state index in [0.29, 0.717) is 33.5 Å². The van der Waals surface area contributed by atoms with Crippen molar-refractivity contribution in [1.82, 2.24) is 29.7 Å². The average Bonchev–Trinajstić information content (AvgIpc) is 3.39. The van der Waals surface area contributed by atoms with Crippen molar-refractivity contribution in [3.05, 3.63) is 60.4 Å². The number of amides is 1. The number of pyridine rings is 1. The topological polar surface area (TPSA) is 132 Å². The number of halogens is 1. The van der Waals surface area contributed by atoms with E-state index >= 15 is 0 Å². The number of aromatic nitrogens is 4. The monoisotopic (exact) mass is 534 g/mol. The molecule has 0 aliphatic carbocycles. The largest absolute Gasteiger partial charge is 0.390 e. The molecule has 1 unspecified atom stereocenters. The number of hydrogen-bond donors (Lipinski definition) is 4. The highest BCUT2D eigenvalue weighted by atomic mass is 19.1. The van der Waals surface area contributed by atoms with Gasteiger partial charge in [0, 0.05) is 50.4 Å². The maximum absolute atomic E-state index is 14.9. The molecule has 0 radical (unpaired) electrons. The molecule has 0 bridgehead atoms. The second-order valence-electron chi connectivity index (χ2n) is 9.44. The minimum Gasteiger partial charge on any atom is -0.390 e. The Morgan fingerprint density at radius 1 is 1.18 bits per heavy atom. The molecular weight excluding hydrogens is 503 g/mol. The van der Waals surface area contributed by atoms with Crippen LogP contribution in [0.15, 0.2) is 48.9 Å². The summed E-state index contributed by atoms with van der Waals surface area (Å²) in [7, 11) is 3.66. The van der Waals surface area contributed by atoms with Crippen LogP contribution in [0.2, 0.25) is 0 Å². The highest BCUT2D eigenvalue weighted by molar-refractivity contribution is 6.06. The minimum atomic E-state index is -0.583. The summed E-state index contributed by atoms with van der Waals surface area (Å²) in [5.74, 6) is -0.552. The van der Waals surface area contributed by atoms with Crippen molar-refractivity contribution >= 4 is 34.1 Å². The van der Waals surface area contributed by atoms with E-state index in [-0.39, 0.29) is 30.8 Å². The molecular formula is C27H31FN8O3. The van der Waals surface area contributed by atoms with E-state index in [1.165, 1.54) is 6.20 Å². The molecule has 204 valence electrons. The van der Waals surface area contributed by atoms with Crippen molar-refractivity contribution in [2.75, 3.05) is 57.6 Å².